The highest BCUT2D eigenvalue weighted by Crippen LogP contribution is 2.10. The van der Waals surface area contributed by atoms with Crippen LogP contribution in [0, 0.1) is 6.92 Å². The Morgan fingerprint density at radius 3 is 2.36 bits per heavy atom. The molecule has 6 heteroatoms. The maximum absolute atomic E-state index is 12.1. The highest BCUT2D eigenvalue weighted by molar-refractivity contribution is 7.91. The van der Waals surface area contributed by atoms with Gasteiger partial charge in [-0.05, 0) is 31.2 Å². The van der Waals surface area contributed by atoms with Gasteiger partial charge in [-0.15, -0.1) is 0 Å². The van der Waals surface area contributed by atoms with Gasteiger partial charge >= 0.3 is 0 Å². The van der Waals surface area contributed by atoms with Gasteiger partial charge in [-0.25, -0.2) is 8.42 Å². The van der Waals surface area contributed by atoms with E-state index in [4.69, 9.17) is 5.73 Å². The number of nitrogens with two attached hydrogens (primary N) is 1. The van der Waals surface area contributed by atoms with Crippen LogP contribution in [0.5, 0.6) is 0 Å². The third-order valence-electron chi connectivity index (χ3n) is 3.07. The van der Waals surface area contributed by atoms with Crippen molar-refractivity contribution in [2.45, 2.75) is 11.8 Å². The number of aliphatic imine (C=N–C) groups is 1. The van der Waals surface area contributed by atoms with E-state index in [1.165, 1.54) is 0 Å². The van der Waals surface area contributed by atoms with Crippen LogP contribution in [0.1, 0.15) is 5.56 Å². The van der Waals surface area contributed by atoms with Gasteiger partial charge in [-0.3, -0.25) is 4.99 Å². The third kappa shape index (κ3) is 4.60. The summed E-state index contributed by atoms with van der Waals surface area (Å²) in [4.78, 5) is 4.36. The Morgan fingerprint density at radius 1 is 1.09 bits per heavy atom. The van der Waals surface area contributed by atoms with Crippen molar-refractivity contribution >= 4 is 21.5 Å². The summed E-state index contributed by atoms with van der Waals surface area (Å²) in [5.41, 5.74) is 7.72. The summed E-state index contributed by atoms with van der Waals surface area (Å²) in [6.07, 6.45) is 0. The quantitative estimate of drug-likeness (QED) is 0.654. The summed E-state index contributed by atoms with van der Waals surface area (Å²) in [6, 6.07) is 16.0. The molecule has 0 amide bonds. The van der Waals surface area contributed by atoms with Gasteiger partial charge in [0, 0.05) is 5.69 Å². The van der Waals surface area contributed by atoms with Crippen molar-refractivity contribution in [3.05, 3.63) is 60.2 Å². The lowest BCUT2D eigenvalue weighted by Crippen LogP contribution is -2.23. The number of aryl methyl sites for hydroxylation is 1. The fourth-order valence-corrected chi connectivity index (χ4v) is 3.00. The topological polar surface area (TPSA) is 84.5 Å². The van der Waals surface area contributed by atoms with Crippen molar-refractivity contribution in [2.24, 2.45) is 10.7 Å². The average molecular weight is 317 g/mol. The maximum atomic E-state index is 12.1. The van der Waals surface area contributed by atoms with E-state index in [2.05, 4.69) is 10.3 Å². The molecule has 0 fully saturated rings. The van der Waals surface area contributed by atoms with Crippen LogP contribution in [0.4, 0.5) is 5.69 Å². The molecule has 0 saturated carbocycles. The van der Waals surface area contributed by atoms with Gasteiger partial charge in [0.2, 0.25) is 0 Å². The summed E-state index contributed by atoms with van der Waals surface area (Å²) in [7, 11) is -3.32. The van der Waals surface area contributed by atoms with Crippen molar-refractivity contribution in [3.8, 4) is 0 Å². The zero-order chi connectivity index (χ0) is 16.0. The largest absolute Gasteiger partial charge is 0.370 e. The summed E-state index contributed by atoms with van der Waals surface area (Å²) in [6.45, 7) is 2.11. The molecule has 0 aliphatic carbocycles. The normalized spacial score (nSPS) is 12.1. The van der Waals surface area contributed by atoms with Crippen LogP contribution >= 0.6 is 0 Å². The minimum Gasteiger partial charge on any atom is -0.370 e. The Balaban J connectivity index is 1.93. The van der Waals surface area contributed by atoms with Gasteiger partial charge in [0.15, 0.2) is 15.8 Å². The molecule has 5 nitrogen and oxygen atoms in total. The number of anilines is 1. The minimum absolute atomic E-state index is 0.0761. The first kappa shape index (κ1) is 16.0. The number of sulfone groups is 1. The second-order valence-electron chi connectivity index (χ2n) is 4.89. The van der Waals surface area contributed by atoms with E-state index in [1.54, 1.807) is 30.3 Å². The highest BCUT2D eigenvalue weighted by atomic mass is 32.2. The van der Waals surface area contributed by atoms with Crippen LogP contribution < -0.4 is 11.1 Å². The predicted octanol–water partition coefficient (Wildman–Crippen LogP) is 2.20. The summed E-state index contributed by atoms with van der Waals surface area (Å²) in [5, 5.41) is 2.93. The lowest BCUT2D eigenvalue weighted by molar-refractivity contribution is 0.596. The molecule has 2 rings (SSSR count). The van der Waals surface area contributed by atoms with E-state index >= 15 is 0 Å². The molecule has 0 saturated heterocycles. The molecule has 0 heterocycles. The van der Waals surface area contributed by atoms with E-state index in [1.807, 2.05) is 31.2 Å². The molecule has 0 radical (unpaired) electrons. The van der Waals surface area contributed by atoms with Gasteiger partial charge in [0.25, 0.3) is 0 Å². The predicted molar refractivity (Wildman–Crippen MR) is 89.8 cm³/mol. The molecule has 0 atom stereocenters. The molecule has 22 heavy (non-hydrogen) atoms. The highest BCUT2D eigenvalue weighted by Gasteiger charge is 2.12. The maximum Gasteiger partial charge on any atom is 0.193 e. The van der Waals surface area contributed by atoms with Gasteiger partial charge in [0.05, 0.1) is 17.2 Å². The van der Waals surface area contributed by atoms with Crippen molar-refractivity contribution in [3.63, 3.8) is 0 Å². The van der Waals surface area contributed by atoms with Crippen molar-refractivity contribution in [1.29, 1.82) is 0 Å². The number of nitrogens with one attached hydrogen (secondary N) is 1. The molecule has 0 aliphatic heterocycles. The lowest BCUT2D eigenvalue weighted by atomic mass is 10.2. The molecular formula is C16H19N3O2S. The van der Waals surface area contributed by atoms with Crippen LogP contribution in [-0.2, 0) is 9.84 Å². The van der Waals surface area contributed by atoms with E-state index in [9.17, 15) is 8.42 Å². The van der Waals surface area contributed by atoms with Gasteiger partial charge in [-0.2, -0.15) is 0 Å². The number of hydrogen-bond acceptors (Lipinski definition) is 3. The third-order valence-corrected chi connectivity index (χ3v) is 4.78. The smallest absolute Gasteiger partial charge is 0.193 e. The number of nitrogens with zero attached hydrogens (tertiary/aromatic N) is 1. The van der Waals surface area contributed by atoms with Gasteiger partial charge in [0.1, 0.15) is 0 Å². The Kier molecular flexibility index (Phi) is 5.16. The first-order valence-corrected chi connectivity index (χ1v) is 8.54. The number of benzene rings is 2. The number of guanidine groups is 1. The van der Waals surface area contributed by atoms with Crippen molar-refractivity contribution in [1.82, 2.24) is 0 Å². The standard InChI is InChI=1S/C16H19N3O2S/c1-13-7-9-14(10-8-13)19-16(17)18-11-12-22(20,21)15-5-3-2-4-6-15/h2-10H,11-12H2,1H3,(H3,17,18,19). The van der Waals surface area contributed by atoms with Crippen LogP contribution in [0.3, 0.4) is 0 Å². The molecule has 0 unspecified atom stereocenters. The van der Waals surface area contributed by atoms with E-state index in [-0.39, 0.29) is 18.3 Å². The molecule has 0 spiro atoms. The van der Waals surface area contributed by atoms with Crippen LogP contribution in [0.15, 0.2) is 64.5 Å². The van der Waals surface area contributed by atoms with Gasteiger partial charge in [-0.1, -0.05) is 35.9 Å². The molecule has 3 N–H and O–H groups in total. The Morgan fingerprint density at radius 2 is 1.73 bits per heavy atom. The second-order valence-corrected chi connectivity index (χ2v) is 7.00. The van der Waals surface area contributed by atoms with E-state index < -0.39 is 9.84 Å². The number of rotatable bonds is 5. The summed E-state index contributed by atoms with van der Waals surface area (Å²) in [5.74, 6) is 0.125. The fraction of sp³-hybridized carbons (Fsp3) is 0.188. The lowest BCUT2D eigenvalue weighted by Gasteiger charge is -2.06. The zero-order valence-electron chi connectivity index (χ0n) is 12.4. The zero-order valence-corrected chi connectivity index (χ0v) is 13.2. The average Bonchev–Trinajstić information content (AvgIpc) is 2.50. The minimum atomic E-state index is -3.32. The first-order valence-electron chi connectivity index (χ1n) is 6.89. The van der Waals surface area contributed by atoms with Crippen LogP contribution in [0.25, 0.3) is 0 Å². The molecule has 0 aliphatic rings. The molecular weight excluding hydrogens is 298 g/mol. The van der Waals surface area contributed by atoms with E-state index in [0.717, 1.165) is 11.3 Å². The molecule has 2 aromatic rings. The fourth-order valence-electron chi connectivity index (χ4n) is 1.86. The summed E-state index contributed by atoms with van der Waals surface area (Å²) >= 11 is 0. The Bertz CT molecular complexity index is 739. The molecule has 0 aromatic heterocycles. The summed E-state index contributed by atoms with van der Waals surface area (Å²) < 4.78 is 24.2. The monoisotopic (exact) mass is 317 g/mol. The van der Waals surface area contributed by atoms with Crippen LogP contribution in [-0.4, -0.2) is 26.7 Å². The second kappa shape index (κ2) is 7.09. The number of hydrogen-bond donors (Lipinski definition) is 2. The molecule has 2 aromatic carbocycles. The Hall–Kier alpha value is -2.34. The first-order chi connectivity index (χ1) is 10.5. The molecule has 116 valence electrons. The van der Waals surface area contributed by atoms with E-state index in [0.29, 0.717) is 4.90 Å². The SMILES string of the molecule is Cc1ccc(NC(N)=NCCS(=O)(=O)c2ccccc2)cc1. The molecule has 0 bridgehead atoms. The van der Waals surface area contributed by atoms with Crippen molar-refractivity contribution in [2.75, 3.05) is 17.6 Å². The Labute approximate surface area is 130 Å². The van der Waals surface area contributed by atoms with Crippen LogP contribution in [0.2, 0.25) is 0 Å². The van der Waals surface area contributed by atoms with Crippen molar-refractivity contribution < 1.29 is 8.42 Å². The van der Waals surface area contributed by atoms with Gasteiger partial charge < -0.3 is 11.1 Å².